The van der Waals surface area contributed by atoms with Crippen molar-refractivity contribution in [2.75, 3.05) is 20.3 Å². The van der Waals surface area contributed by atoms with Gasteiger partial charge in [-0.05, 0) is 38.8 Å². The number of aryl methyl sites for hydroxylation is 2. The Hall–Kier alpha value is -3.13. The molecule has 1 aliphatic rings. The molecule has 1 fully saturated rings. The molecule has 4 aromatic rings. The smallest absolute Gasteiger partial charge is 0.420 e. The van der Waals surface area contributed by atoms with E-state index in [1.165, 1.54) is 0 Å². The molecule has 0 aliphatic carbocycles. The summed E-state index contributed by atoms with van der Waals surface area (Å²) < 4.78 is 23.8. The number of aromatic nitrogens is 3. The number of rotatable bonds is 3. The second-order valence-electron chi connectivity index (χ2n) is 7.35. The van der Waals surface area contributed by atoms with Crippen molar-refractivity contribution in [3.8, 4) is 16.9 Å². The molecule has 0 saturated carbocycles. The lowest BCUT2D eigenvalue weighted by Gasteiger charge is -2.23. The van der Waals surface area contributed by atoms with E-state index in [0.29, 0.717) is 23.7 Å². The van der Waals surface area contributed by atoms with E-state index in [1.807, 2.05) is 26.0 Å². The molecule has 3 aromatic heterocycles. The molecule has 8 heteroatoms. The van der Waals surface area contributed by atoms with Crippen molar-refractivity contribution in [1.29, 1.82) is 0 Å². The van der Waals surface area contributed by atoms with E-state index in [1.54, 1.807) is 17.9 Å². The van der Waals surface area contributed by atoms with Crippen LogP contribution in [0.4, 0.5) is 0 Å². The fourth-order valence-electron chi connectivity index (χ4n) is 4.24. The van der Waals surface area contributed by atoms with E-state index >= 15 is 0 Å². The number of nitrogens with zero attached hydrogens (tertiary/aromatic N) is 3. The molecule has 4 heterocycles. The van der Waals surface area contributed by atoms with Crippen molar-refractivity contribution in [3.63, 3.8) is 0 Å². The third-order valence-corrected chi connectivity index (χ3v) is 5.57. The minimum absolute atomic E-state index is 0.0589. The monoisotopic (exact) mass is 395 g/mol. The van der Waals surface area contributed by atoms with E-state index in [-0.39, 0.29) is 6.04 Å². The van der Waals surface area contributed by atoms with Gasteiger partial charge >= 0.3 is 5.76 Å². The molecule has 1 aliphatic heterocycles. The van der Waals surface area contributed by atoms with Crippen molar-refractivity contribution >= 4 is 22.0 Å². The number of ether oxygens (including phenoxy) is 2. The summed E-state index contributed by atoms with van der Waals surface area (Å²) in [5.41, 5.74) is 4.43. The predicted octanol–water partition coefficient (Wildman–Crippen LogP) is 3.77. The summed E-state index contributed by atoms with van der Waals surface area (Å²) in [5.74, 6) is 0.973. The van der Waals surface area contributed by atoms with Gasteiger partial charge in [-0.15, -0.1) is 0 Å². The molecule has 1 aromatic carbocycles. The lowest BCUT2D eigenvalue weighted by Crippen LogP contribution is -2.27. The Labute approximate surface area is 166 Å². The maximum atomic E-state index is 12.6. The van der Waals surface area contributed by atoms with Gasteiger partial charge in [-0.3, -0.25) is 9.55 Å². The van der Waals surface area contributed by atoms with Gasteiger partial charge in [0.2, 0.25) is 0 Å². The van der Waals surface area contributed by atoms with Gasteiger partial charge < -0.3 is 18.4 Å². The maximum Gasteiger partial charge on any atom is 0.420 e. The molecule has 5 rings (SSSR count). The van der Waals surface area contributed by atoms with Crippen LogP contribution in [0.1, 0.15) is 30.3 Å². The number of oxazole rings is 1. The van der Waals surface area contributed by atoms with Crippen LogP contribution < -0.4 is 10.5 Å². The summed E-state index contributed by atoms with van der Waals surface area (Å²) in [6.45, 7) is 4.97. The lowest BCUT2D eigenvalue weighted by atomic mass is 10.00. The largest absolute Gasteiger partial charge is 0.496 e. The summed E-state index contributed by atoms with van der Waals surface area (Å²) in [5, 5.41) is 4.85. The third-order valence-electron chi connectivity index (χ3n) is 5.57. The van der Waals surface area contributed by atoms with Crippen molar-refractivity contribution in [2.45, 2.75) is 32.7 Å². The first-order chi connectivity index (χ1) is 14.1. The Morgan fingerprint density at radius 2 is 2.14 bits per heavy atom. The van der Waals surface area contributed by atoms with Crippen molar-refractivity contribution in [1.82, 2.24) is 14.7 Å². The van der Waals surface area contributed by atoms with Gasteiger partial charge in [0.25, 0.3) is 0 Å². The molecule has 1 atom stereocenters. The van der Waals surface area contributed by atoms with Gasteiger partial charge in [0.15, 0.2) is 5.58 Å². The third kappa shape index (κ3) is 2.74. The van der Waals surface area contributed by atoms with Crippen molar-refractivity contribution in [2.24, 2.45) is 0 Å². The maximum absolute atomic E-state index is 12.6. The molecule has 1 unspecified atom stereocenters. The minimum Gasteiger partial charge on any atom is -0.496 e. The summed E-state index contributed by atoms with van der Waals surface area (Å²) in [6, 6.07) is 3.79. The van der Waals surface area contributed by atoms with E-state index < -0.39 is 5.76 Å². The molecule has 150 valence electrons. The van der Waals surface area contributed by atoms with Crippen LogP contribution in [0.2, 0.25) is 0 Å². The first-order valence-electron chi connectivity index (χ1n) is 9.61. The van der Waals surface area contributed by atoms with Crippen LogP contribution >= 0.6 is 0 Å². The lowest BCUT2D eigenvalue weighted by molar-refractivity contribution is 0.0582. The van der Waals surface area contributed by atoms with Crippen molar-refractivity contribution < 1.29 is 18.4 Å². The normalized spacial score (nSPS) is 17.3. The quantitative estimate of drug-likeness (QED) is 0.521. The molecule has 1 saturated heterocycles. The van der Waals surface area contributed by atoms with Crippen molar-refractivity contribution in [3.05, 3.63) is 40.3 Å². The van der Waals surface area contributed by atoms with Crippen LogP contribution in [0, 0.1) is 13.8 Å². The Morgan fingerprint density at radius 3 is 2.83 bits per heavy atom. The molecule has 0 bridgehead atoms. The molecule has 0 N–H and O–H groups in total. The first kappa shape index (κ1) is 17.9. The van der Waals surface area contributed by atoms with Gasteiger partial charge in [-0.2, -0.15) is 0 Å². The van der Waals surface area contributed by atoms with E-state index in [2.05, 4.69) is 10.1 Å². The highest BCUT2D eigenvalue weighted by molar-refractivity contribution is 6.04. The summed E-state index contributed by atoms with van der Waals surface area (Å²) >= 11 is 0. The molecule has 8 nitrogen and oxygen atoms in total. The van der Waals surface area contributed by atoms with E-state index in [4.69, 9.17) is 18.4 Å². The molecule has 0 radical (unpaired) electrons. The molecule has 0 spiro atoms. The number of hydrogen-bond donors (Lipinski definition) is 0. The number of pyridine rings is 1. The fraction of sp³-hybridized carbons (Fsp3) is 0.381. The summed E-state index contributed by atoms with van der Waals surface area (Å²) in [6.07, 6.45) is 3.38. The van der Waals surface area contributed by atoms with Crippen LogP contribution in [0.5, 0.6) is 5.75 Å². The Kier molecular flexibility index (Phi) is 4.16. The molecular weight excluding hydrogens is 374 g/mol. The first-order valence-corrected chi connectivity index (χ1v) is 9.61. The number of benzene rings is 1. The van der Waals surface area contributed by atoms with Gasteiger partial charge in [-0.1, -0.05) is 5.16 Å². The SMILES string of the molecule is COc1cc2c(cc1-c1c(C)noc1C)ncc1oc(=O)n(C3CCCOC3)c12. The fourth-order valence-corrected chi connectivity index (χ4v) is 4.24. The van der Waals surface area contributed by atoms with Gasteiger partial charge in [0.1, 0.15) is 17.0 Å². The summed E-state index contributed by atoms with van der Waals surface area (Å²) in [7, 11) is 1.62. The average Bonchev–Trinajstić information content (AvgIpc) is 3.25. The molecule has 0 amide bonds. The highest BCUT2D eigenvalue weighted by Crippen LogP contribution is 2.39. The Morgan fingerprint density at radius 1 is 1.28 bits per heavy atom. The van der Waals surface area contributed by atoms with Gasteiger partial charge in [0, 0.05) is 17.6 Å². The number of hydrogen-bond acceptors (Lipinski definition) is 7. The van der Waals surface area contributed by atoms with Gasteiger partial charge in [-0.25, -0.2) is 4.79 Å². The topological polar surface area (TPSA) is 92.5 Å². The van der Waals surface area contributed by atoms with E-state index in [9.17, 15) is 4.79 Å². The highest BCUT2D eigenvalue weighted by Gasteiger charge is 2.25. The zero-order chi connectivity index (χ0) is 20.1. The van der Waals surface area contributed by atoms with Crippen LogP contribution in [0.25, 0.3) is 33.1 Å². The van der Waals surface area contributed by atoms with E-state index in [0.717, 1.165) is 52.7 Å². The predicted molar refractivity (Wildman–Crippen MR) is 106 cm³/mol. The zero-order valence-electron chi connectivity index (χ0n) is 16.5. The number of methoxy groups -OCH3 is 1. The average molecular weight is 395 g/mol. The minimum atomic E-state index is -0.390. The Balaban J connectivity index is 1.81. The second-order valence-corrected chi connectivity index (χ2v) is 7.35. The Bertz CT molecular complexity index is 1260. The van der Waals surface area contributed by atoms with Crippen LogP contribution in [0.3, 0.4) is 0 Å². The number of fused-ring (bicyclic) bond motifs is 3. The zero-order valence-corrected chi connectivity index (χ0v) is 16.5. The van der Waals surface area contributed by atoms with Crippen LogP contribution in [0.15, 0.2) is 32.1 Å². The van der Waals surface area contributed by atoms with Crippen LogP contribution in [-0.4, -0.2) is 35.0 Å². The van der Waals surface area contributed by atoms with Crippen LogP contribution in [-0.2, 0) is 4.74 Å². The molecule has 29 heavy (non-hydrogen) atoms. The van der Waals surface area contributed by atoms with Gasteiger partial charge in [0.05, 0.1) is 42.7 Å². The standard InChI is InChI=1S/C21H21N3O5/c1-11-19(12(2)29-23-11)15-7-16-14(8-17(15)26-3)20-18(9-22-16)28-21(25)24(20)13-5-4-6-27-10-13/h7-9,13H,4-6,10H2,1-3H3. The summed E-state index contributed by atoms with van der Waals surface area (Å²) in [4.78, 5) is 17.2. The molecular formula is C21H21N3O5. The second kappa shape index (κ2) is 6.73. The highest BCUT2D eigenvalue weighted by atomic mass is 16.5.